The normalized spacial score (nSPS) is 16.2. The summed E-state index contributed by atoms with van der Waals surface area (Å²) in [7, 11) is -3.44. The van der Waals surface area contributed by atoms with E-state index in [4.69, 9.17) is 11.6 Å². The third-order valence-electron chi connectivity index (χ3n) is 2.59. The van der Waals surface area contributed by atoms with E-state index in [0.29, 0.717) is 6.54 Å². The van der Waals surface area contributed by atoms with Gasteiger partial charge in [-0.2, -0.15) is 0 Å². The zero-order valence-electron chi connectivity index (χ0n) is 9.15. The lowest BCUT2D eigenvalue weighted by Gasteiger charge is -2.04. The average molecular weight is 293 g/mol. The molecule has 0 unspecified atom stereocenters. The molecule has 0 fully saturated rings. The molecule has 0 atom stereocenters. The second kappa shape index (κ2) is 5.48. The van der Waals surface area contributed by atoms with Gasteiger partial charge in [0.2, 0.25) is 0 Å². The van der Waals surface area contributed by atoms with Crippen molar-refractivity contribution >= 4 is 33.0 Å². The maximum Gasteiger partial charge on any atom is 0.251 e. The molecule has 94 valence electrons. The molecule has 1 aliphatic carbocycles. The van der Waals surface area contributed by atoms with E-state index in [1.54, 1.807) is 0 Å². The molecular weight excluding hydrogens is 280 g/mol. The third kappa shape index (κ3) is 3.51. The van der Waals surface area contributed by atoms with Gasteiger partial charge < -0.3 is 0 Å². The van der Waals surface area contributed by atoms with E-state index in [0.717, 1.165) is 30.6 Å². The molecule has 1 aromatic heterocycles. The summed E-state index contributed by atoms with van der Waals surface area (Å²) in [5.74, 6) is 0. The van der Waals surface area contributed by atoms with Crippen LogP contribution in [0, 0.1) is 0 Å². The Bertz CT molecular complexity index is 522. The van der Waals surface area contributed by atoms with Gasteiger partial charge in [0.05, 0.1) is 6.20 Å². The van der Waals surface area contributed by atoms with Gasteiger partial charge >= 0.3 is 0 Å². The summed E-state index contributed by atoms with van der Waals surface area (Å²) < 4.78 is 26.6. The highest BCUT2D eigenvalue weighted by Gasteiger charge is 2.17. The first-order chi connectivity index (χ1) is 8.08. The monoisotopic (exact) mass is 292 g/mol. The standard InChI is InChI=1S/C10H13ClN2O2S2/c11-10-12-7-9(16-10)17(14,15)13-6-5-8-3-1-2-4-8/h3,7,13H,1-2,4-6H2. The Balaban J connectivity index is 1.89. The zero-order chi connectivity index (χ0) is 12.3. The van der Waals surface area contributed by atoms with Crippen molar-refractivity contribution in [3.8, 4) is 0 Å². The first kappa shape index (κ1) is 13.0. The highest BCUT2D eigenvalue weighted by Crippen LogP contribution is 2.23. The van der Waals surface area contributed by atoms with Gasteiger partial charge in [-0.1, -0.05) is 34.6 Å². The summed E-state index contributed by atoms with van der Waals surface area (Å²) in [5, 5.41) is 0. The number of nitrogens with one attached hydrogen (secondary N) is 1. The molecule has 0 aromatic carbocycles. The van der Waals surface area contributed by atoms with Crippen LogP contribution in [0.3, 0.4) is 0 Å². The van der Waals surface area contributed by atoms with Crippen molar-refractivity contribution in [1.29, 1.82) is 0 Å². The third-order valence-corrected chi connectivity index (χ3v) is 5.63. The quantitative estimate of drug-likeness (QED) is 0.849. The molecule has 0 radical (unpaired) electrons. The van der Waals surface area contributed by atoms with Crippen LogP contribution < -0.4 is 4.72 Å². The highest BCUT2D eigenvalue weighted by atomic mass is 35.5. The zero-order valence-corrected chi connectivity index (χ0v) is 11.5. The van der Waals surface area contributed by atoms with Gasteiger partial charge in [-0.05, 0) is 25.7 Å². The fourth-order valence-electron chi connectivity index (χ4n) is 1.74. The summed E-state index contributed by atoms with van der Waals surface area (Å²) in [6.07, 6.45) is 7.65. The van der Waals surface area contributed by atoms with Crippen molar-refractivity contribution in [1.82, 2.24) is 9.71 Å². The number of aromatic nitrogens is 1. The van der Waals surface area contributed by atoms with Crippen LogP contribution in [0.25, 0.3) is 0 Å². The predicted molar refractivity (Wildman–Crippen MR) is 68.9 cm³/mol. The van der Waals surface area contributed by atoms with Crippen LogP contribution in [-0.2, 0) is 10.0 Å². The maximum atomic E-state index is 11.8. The molecule has 0 amide bonds. The first-order valence-corrected chi connectivity index (χ1v) is 8.04. The molecule has 1 heterocycles. The smallest absolute Gasteiger partial charge is 0.232 e. The molecule has 7 heteroatoms. The summed E-state index contributed by atoms with van der Waals surface area (Å²) in [6, 6.07) is 0. The second-order valence-corrected chi connectivity index (χ2v) is 7.44. The number of halogens is 1. The van der Waals surface area contributed by atoms with Crippen LogP contribution in [0.4, 0.5) is 0 Å². The SMILES string of the molecule is O=S(=O)(NCCC1=CCCC1)c1cnc(Cl)s1. The summed E-state index contributed by atoms with van der Waals surface area (Å²) in [5.41, 5.74) is 1.34. The van der Waals surface area contributed by atoms with E-state index in [2.05, 4.69) is 15.8 Å². The number of thiazole rings is 1. The lowest BCUT2D eigenvalue weighted by atomic mass is 10.2. The fourth-order valence-corrected chi connectivity index (χ4v) is 4.11. The van der Waals surface area contributed by atoms with Gasteiger partial charge in [0.25, 0.3) is 10.0 Å². The van der Waals surface area contributed by atoms with Crippen LogP contribution in [0.15, 0.2) is 22.1 Å². The predicted octanol–water partition coefficient (Wildman–Crippen LogP) is 2.58. The summed E-state index contributed by atoms with van der Waals surface area (Å²) in [4.78, 5) is 3.72. The van der Waals surface area contributed by atoms with Gasteiger partial charge in [-0.3, -0.25) is 0 Å². The van der Waals surface area contributed by atoms with E-state index >= 15 is 0 Å². The molecule has 4 nitrogen and oxygen atoms in total. The van der Waals surface area contributed by atoms with Crippen LogP contribution in [-0.4, -0.2) is 19.9 Å². The number of sulfonamides is 1. The molecule has 1 aliphatic rings. The molecule has 1 aromatic rings. The molecule has 17 heavy (non-hydrogen) atoms. The average Bonchev–Trinajstić information content (AvgIpc) is 2.89. The van der Waals surface area contributed by atoms with Gasteiger partial charge in [0.15, 0.2) is 8.68 Å². The molecule has 0 spiro atoms. The van der Waals surface area contributed by atoms with Crippen molar-refractivity contribution in [2.75, 3.05) is 6.54 Å². The molecule has 0 saturated heterocycles. The molecule has 0 bridgehead atoms. The van der Waals surface area contributed by atoms with E-state index in [1.807, 2.05) is 0 Å². The van der Waals surface area contributed by atoms with Gasteiger partial charge in [-0.15, -0.1) is 0 Å². The lowest BCUT2D eigenvalue weighted by Crippen LogP contribution is -2.24. The van der Waals surface area contributed by atoms with Gasteiger partial charge in [0, 0.05) is 6.54 Å². The van der Waals surface area contributed by atoms with Gasteiger partial charge in [0.1, 0.15) is 0 Å². The molecule has 2 rings (SSSR count). The van der Waals surface area contributed by atoms with Crippen molar-refractivity contribution in [2.24, 2.45) is 0 Å². The minimum Gasteiger partial charge on any atom is -0.232 e. The number of rotatable bonds is 5. The number of allylic oxidation sites excluding steroid dienone is 1. The Morgan fingerprint density at radius 2 is 2.35 bits per heavy atom. The largest absolute Gasteiger partial charge is 0.251 e. The minimum absolute atomic E-state index is 0.169. The first-order valence-electron chi connectivity index (χ1n) is 5.37. The summed E-state index contributed by atoms with van der Waals surface area (Å²) >= 11 is 6.58. The van der Waals surface area contributed by atoms with Crippen LogP contribution >= 0.6 is 22.9 Å². The Hall–Kier alpha value is -0.430. The maximum absolute atomic E-state index is 11.8. The van der Waals surface area contributed by atoms with Crippen molar-refractivity contribution in [3.63, 3.8) is 0 Å². The van der Waals surface area contributed by atoms with Crippen molar-refractivity contribution in [2.45, 2.75) is 29.9 Å². The molecule has 0 aliphatic heterocycles. The van der Waals surface area contributed by atoms with Crippen LogP contribution in [0.1, 0.15) is 25.7 Å². The van der Waals surface area contributed by atoms with E-state index < -0.39 is 10.0 Å². The highest BCUT2D eigenvalue weighted by molar-refractivity contribution is 7.91. The Kier molecular flexibility index (Phi) is 4.19. The Labute approximate surface area is 110 Å². The van der Waals surface area contributed by atoms with Crippen molar-refractivity contribution in [3.05, 3.63) is 22.3 Å². The number of hydrogen-bond acceptors (Lipinski definition) is 4. The van der Waals surface area contributed by atoms with E-state index in [9.17, 15) is 8.42 Å². The molecular formula is C10H13ClN2O2S2. The van der Waals surface area contributed by atoms with Crippen LogP contribution in [0.5, 0.6) is 0 Å². The van der Waals surface area contributed by atoms with Crippen LogP contribution in [0.2, 0.25) is 4.47 Å². The fraction of sp³-hybridized carbons (Fsp3) is 0.500. The second-order valence-electron chi connectivity index (χ2n) is 3.83. The topological polar surface area (TPSA) is 59.1 Å². The Morgan fingerprint density at radius 3 is 2.94 bits per heavy atom. The summed E-state index contributed by atoms with van der Waals surface area (Å²) in [6.45, 7) is 0.434. The lowest BCUT2D eigenvalue weighted by molar-refractivity contribution is 0.583. The van der Waals surface area contributed by atoms with E-state index in [-0.39, 0.29) is 8.68 Å². The molecule has 0 saturated carbocycles. The molecule has 1 N–H and O–H groups in total. The van der Waals surface area contributed by atoms with E-state index in [1.165, 1.54) is 18.2 Å². The Morgan fingerprint density at radius 1 is 1.53 bits per heavy atom. The minimum atomic E-state index is -3.44. The van der Waals surface area contributed by atoms with Gasteiger partial charge in [-0.25, -0.2) is 18.1 Å². The number of hydrogen-bond donors (Lipinski definition) is 1. The van der Waals surface area contributed by atoms with Crippen molar-refractivity contribution < 1.29 is 8.42 Å². The number of nitrogens with zero attached hydrogens (tertiary/aromatic N) is 1.